The first-order chi connectivity index (χ1) is 45.1. The number of anilines is 2. The lowest BCUT2D eigenvalue weighted by Crippen LogP contribution is -2.54. The zero-order chi connectivity index (χ0) is 64.0. The predicted octanol–water partition coefficient (Wildman–Crippen LogP) is 10.5. The Morgan fingerprint density at radius 3 is 1.73 bits per heavy atom. The van der Waals surface area contributed by atoms with E-state index in [-0.39, 0.29) is 103 Å². The number of nitrogens with one attached hydrogen (secondary N) is 1. The van der Waals surface area contributed by atoms with E-state index in [1.54, 1.807) is 12.4 Å². The second kappa shape index (κ2) is 24.3. The highest BCUT2D eigenvalue weighted by Crippen LogP contribution is 2.50. The number of fused-ring (bicyclic) bond motifs is 9. The molecule has 6 aliphatic heterocycles. The number of ether oxygens (including phenoxy) is 2. The Kier molecular flexibility index (Phi) is 15.9. The summed E-state index contributed by atoms with van der Waals surface area (Å²) in [6.45, 7) is 6.62. The minimum atomic E-state index is -0.726. The van der Waals surface area contributed by atoms with E-state index in [0.717, 1.165) is 110 Å². The third kappa shape index (κ3) is 10.6. The van der Waals surface area contributed by atoms with E-state index >= 15 is 8.78 Å². The molecule has 2 saturated carbocycles. The van der Waals surface area contributed by atoms with Gasteiger partial charge in [0, 0.05) is 114 Å². The molecule has 4 aromatic heterocycles. The number of hydrogen-bond acceptors (Lipinski definition) is 17. The van der Waals surface area contributed by atoms with Gasteiger partial charge in [-0.25, -0.2) is 17.6 Å². The number of rotatable bonds is 12. The highest BCUT2D eigenvalue weighted by molar-refractivity contribution is 6.04. The second-order valence-corrected chi connectivity index (χ2v) is 27.3. The van der Waals surface area contributed by atoms with Crippen LogP contribution in [0.5, 0.6) is 23.5 Å². The summed E-state index contributed by atoms with van der Waals surface area (Å²) < 4.78 is 76.4. The van der Waals surface area contributed by atoms with Crippen molar-refractivity contribution in [1.29, 1.82) is 0 Å². The zero-order valence-corrected chi connectivity index (χ0v) is 52.5. The second-order valence-electron chi connectivity index (χ2n) is 27.3. The standard InChI is InChI=1S/C37H40F2N6O3.C35H36F2N6O2/c1-3-26-29(38)10-7-22-16-25(47)17-27(31(22)26)33-32(39)34-28(18-40-33)35(44-19-23-8-9-24(20-44)45(23)14-15-46)42-36(41-34)48-21-37-11-4-6-30(37)43(2)13-5-12-37;1-3-25-28(36)10-7-20-14-24(44)15-26(29(20)25)31-30(37)32-27(16-38-31)33(43-17-22-8-9-23(18-43)39-22)41-34(40-32)45-19-21-6-4-11-35(21)12-5-13-42(35)2/h1,7,10,16-18,23-24,30,46-47H,4-6,8-9,11-15,19-21H2,2H3;1,7,10,14-16,21-23,39,44H,4-6,8-9,11-13,17-19H2,2H3. The van der Waals surface area contributed by atoms with E-state index < -0.39 is 23.3 Å². The molecule has 4 aromatic carbocycles. The Morgan fingerprint density at radius 2 is 1.17 bits per heavy atom. The van der Waals surface area contributed by atoms with E-state index in [0.29, 0.717) is 95.5 Å². The molecule has 8 atom stereocenters. The van der Waals surface area contributed by atoms with Gasteiger partial charge in [0.25, 0.3) is 0 Å². The van der Waals surface area contributed by atoms with Gasteiger partial charge >= 0.3 is 12.0 Å². The van der Waals surface area contributed by atoms with Gasteiger partial charge in [0.05, 0.1) is 41.7 Å². The Balaban J connectivity index is 0.000000154. The maximum Gasteiger partial charge on any atom is 0.319 e. The predicted molar refractivity (Wildman–Crippen MR) is 349 cm³/mol. The molecule has 0 radical (unpaired) electrons. The molecule has 4 N–H and O–H groups in total. The molecule has 8 aliphatic rings. The van der Waals surface area contributed by atoms with Gasteiger partial charge < -0.3 is 49.7 Å². The summed E-state index contributed by atoms with van der Waals surface area (Å²) in [6.07, 6.45) is 30.0. The number of piperazine rings is 2. The molecule has 21 heteroatoms. The van der Waals surface area contributed by atoms with Crippen LogP contribution in [0.25, 0.3) is 65.9 Å². The maximum absolute atomic E-state index is 17.0. The monoisotopic (exact) mass is 1260 g/mol. The minimum Gasteiger partial charge on any atom is -0.508 e. The molecule has 10 heterocycles. The van der Waals surface area contributed by atoms with Crippen molar-refractivity contribution in [3.63, 3.8) is 0 Å². The van der Waals surface area contributed by atoms with Crippen LogP contribution in [0, 0.1) is 59.3 Å². The van der Waals surface area contributed by atoms with Crippen LogP contribution >= 0.6 is 0 Å². The zero-order valence-electron chi connectivity index (χ0n) is 52.5. The highest BCUT2D eigenvalue weighted by atomic mass is 19.1. The van der Waals surface area contributed by atoms with Gasteiger partial charge in [-0.15, -0.1) is 12.8 Å². The molecule has 17 nitrogen and oxygen atoms in total. The molecule has 93 heavy (non-hydrogen) atoms. The van der Waals surface area contributed by atoms with Gasteiger partial charge in [-0.05, 0) is 151 Å². The minimum absolute atomic E-state index is 0.00135. The van der Waals surface area contributed by atoms with Crippen molar-refractivity contribution in [2.75, 3.05) is 89.5 Å². The Morgan fingerprint density at radius 1 is 0.634 bits per heavy atom. The first-order valence-electron chi connectivity index (χ1n) is 33.0. The van der Waals surface area contributed by atoms with Crippen LogP contribution in [-0.4, -0.2) is 175 Å². The number of halogens is 4. The first kappa shape index (κ1) is 61.0. The van der Waals surface area contributed by atoms with Crippen LogP contribution in [0.4, 0.5) is 29.2 Å². The quantitative estimate of drug-likeness (QED) is 0.0668. The van der Waals surface area contributed by atoms with Crippen LogP contribution in [0.1, 0.15) is 101 Å². The number of aliphatic hydroxyl groups excluding tert-OH is 1. The van der Waals surface area contributed by atoms with Gasteiger partial charge in [0.1, 0.15) is 57.2 Å². The lowest BCUT2D eigenvalue weighted by Gasteiger charge is -2.44. The van der Waals surface area contributed by atoms with E-state index in [2.05, 4.69) is 75.7 Å². The van der Waals surface area contributed by atoms with Crippen LogP contribution in [0.2, 0.25) is 0 Å². The fraction of sp³-hybridized carbons (Fsp3) is 0.472. The normalized spacial score (nSPS) is 26.1. The number of pyridine rings is 2. The van der Waals surface area contributed by atoms with Crippen LogP contribution in [-0.2, 0) is 0 Å². The number of phenols is 2. The molecule has 8 aromatic rings. The average molecular weight is 1270 g/mol. The summed E-state index contributed by atoms with van der Waals surface area (Å²) in [5.74, 6) is 3.41. The van der Waals surface area contributed by atoms with Crippen LogP contribution < -0.4 is 24.6 Å². The van der Waals surface area contributed by atoms with Gasteiger partial charge in [-0.1, -0.05) is 36.8 Å². The molecule has 6 saturated heterocycles. The van der Waals surface area contributed by atoms with Crippen molar-refractivity contribution in [3.05, 3.63) is 95.3 Å². The summed E-state index contributed by atoms with van der Waals surface area (Å²) in [4.78, 5) is 39.9. The van der Waals surface area contributed by atoms with Crippen molar-refractivity contribution in [1.82, 2.24) is 49.9 Å². The molecule has 0 amide bonds. The van der Waals surface area contributed by atoms with Gasteiger partial charge in [0.15, 0.2) is 11.6 Å². The van der Waals surface area contributed by atoms with Crippen molar-refractivity contribution >= 4 is 55.0 Å². The number of likely N-dealkylation sites (tertiary alicyclic amines) is 2. The topological polar surface area (TPSA) is 185 Å². The molecule has 4 bridgehead atoms. The molecule has 8 unspecified atom stereocenters. The number of nitrogens with zero attached hydrogens (tertiary/aromatic N) is 11. The Hall–Kier alpha value is -8.18. The Bertz CT molecular complexity index is 4350. The van der Waals surface area contributed by atoms with Crippen molar-refractivity contribution < 1.29 is 42.4 Å². The smallest absolute Gasteiger partial charge is 0.319 e. The summed E-state index contributed by atoms with van der Waals surface area (Å²) >= 11 is 0. The summed E-state index contributed by atoms with van der Waals surface area (Å²) in [5, 5.41) is 36.9. The maximum atomic E-state index is 17.0. The van der Waals surface area contributed by atoms with E-state index in [4.69, 9.17) is 32.3 Å². The lowest BCUT2D eigenvalue weighted by molar-refractivity contribution is 0.0133. The number of aromatic hydroxyl groups is 2. The third-order valence-corrected chi connectivity index (χ3v) is 22.3. The highest BCUT2D eigenvalue weighted by Gasteiger charge is 2.50. The van der Waals surface area contributed by atoms with Crippen LogP contribution in [0.3, 0.4) is 0 Å². The third-order valence-electron chi connectivity index (χ3n) is 22.3. The summed E-state index contributed by atoms with van der Waals surface area (Å²) in [5.41, 5.74) is 0.386. The Labute approximate surface area is 537 Å². The molecule has 1 spiro atoms. The van der Waals surface area contributed by atoms with E-state index in [1.165, 1.54) is 55.0 Å². The number of aliphatic hydroxyl groups is 1. The largest absolute Gasteiger partial charge is 0.508 e. The lowest BCUT2D eigenvalue weighted by atomic mass is 9.76. The van der Waals surface area contributed by atoms with Crippen molar-refractivity contribution in [3.8, 4) is 70.7 Å². The summed E-state index contributed by atoms with van der Waals surface area (Å²) in [7, 11) is 4.40. The fourth-order valence-electron chi connectivity index (χ4n) is 17.9. The first-order valence-corrected chi connectivity index (χ1v) is 33.0. The van der Waals surface area contributed by atoms with Gasteiger partial charge in [-0.2, -0.15) is 19.9 Å². The van der Waals surface area contributed by atoms with E-state index in [9.17, 15) is 24.1 Å². The number of terminal acetylenes is 2. The molecular formula is C72H76F4N12O5. The van der Waals surface area contributed by atoms with Gasteiger partial charge in [0.2, 0.25) is 0 Å². The van der Waals surface area contributed by atoms with Crippen LogP contribution in [0.15, 0.2) is 60.9 Å². The molecule has 482 valence electrons. The molecule has 16 rings (SSSR count). The molecular weight excluding hydrogens is 1190 g/mol. The summed E-state index contributed by atoms with van der Waals surface area (Å²) in [6, 6.07) is 13.0. The number of aromatic nitrogens is 6. The van der Waals surface area contributed by atoms with E-state index in [1.807, 2.05) is 0 Å². The average Bonchev–Trinajstić information content (AvgIpc) is 1.70. The number of phenolic OH excluding ortho intramolecular Hbond substituents is 2. The van der Waals surface area contributed by atoms with Crippen molar-refractivity contribution in [2.24, 2.45) is 11.3 Å². The molecule has 8 fully saturated rings. The number of benzene rings is 4. The number of hydrogen-bond donors (Lipinski definition) is 4. The van der Waals surface area contributed by atoms with Crippen molar-refractivity contribution in [2.45, 2.75) is 126 Å². The molecule has 2 aliphatic carbocycles. The fourth-order valence-corrected chi connectivity index (χ4v) is 17.9. The number of piperidine rings is 1. The SMILES string of the molecule is C#Cc1c(F)ccc2cc(O)cc(-c3ncc4c(N5CC6CCC(C5)N6)nc(OCC5CCCC56CCCN6C)nc4c3F)c12.C#Cc1c(F)ccc2cc(O)cc(-c3ncc4c(N5CC6CCC(C5)N6CCO)nc(OCC56CCCC5N(C)CCC6)nc4c3F)c12. The van der Waals surface area contributed by atoms with Gasteiger partial charge in [-0.3, -0.25) is 14.9 Å².